The summed E-state index contributed by atoms with van der Waals surface area (Å²) >= 11 is 0. The van der Waals surface area contributed by atoms with Gasteiger partial charge in [-0.15, -0.1) is 0 Å². The van der Waals surface area contributed by atoms with Crippen LogP contribution in [0, 0.1) is 11.8 Å². The lowest BCUT2D eigenvalue weighted by molar-refractivity contribution is 0.275. The van der Waals surface area contributed by atoms with Gasteiger partial charge in [0, 0.05) is 6.04 Å². The number of hydrogen-bond acceptors (Lipinski definition) is 4. The molecule has 2 saturated carbocycles. The van der Waals surface area contributed by atoms with Gasteiger partial charge < -0.3 is 24.7 Å². The predicted octanol–water partition coefficient (Wildman–Crippen LogP) is 0.222. The molecule has 0 amide bonds. The molecule has 0 radical (unpaired) electrons. The van der Waals surface area contributed by atoms with Gasteiger partial charge in [0.15, 0.2) is 0 Å². The molecule has 18 heavy (non-hydrogen) atoms. The van der Waals surface area contributed by atoms with E-state index in [-0.39, 0.29) is 0 Å². The van der Waals surface area contributed by atoms with E-state index in [1.54, 1.807) is 0 Å². The summed E-state index contributed by atoms with van der Waals surface area (Å²) < 4.78 is 14.3. The second kappa shape index (κ2) is 5.57. The molecule has 7 nitrogen and oxygen atoms in total. The van der Waals surface area contributed by atoms with Crippen LogP contribution in [-0.4, -0.2) is 39.9 Å². The van der Waals surface area contributed by atoms with Crippen molar-refractivity contribution < 1.29 is 24.0 Å². The molecule has 3 rings (SSSR count). The van der Waals surface area contributed by atoms with Crippen LogP contribution in [-0.2, 0) is 9.30 Å². The van der Waals surface area contributed by atoms with E-state index in [9.17, 15) is 0 Å². The lowest BCUT2D eigenvalue weighted by atomic mass is 10.1. The normalized spacial score (nSPS) is 23.0. The van der Waals surface area contributed by atoms with Crippen molar-refractivity contribution in [1.29, 1.82) is 0 Å². The molecule has 0 unspecified atom stereocenters. The van der Waals surface area contributed by atoms with Crippen molar-refractivity contribution in [2.75, 3.05) is 13.2 Å². The first-order chi connectivity index (χ1) is 8.43. The first kappa shape index (κ1) is 13.8. The molecular weight excluding hydrogens is 259 g/mol. The number of phosphoric acid groups is 1. The van der Waals surface area contributed by atoms with Crippen LogP contribution in [0.4, 0.5) is 0 Å². The first-order valence-corrected chi connectivity index (χ1v) is 7.72. The highest BCUT2D eigenvalue weighted by atomic mass is 31.2. The zero-order valence-electron chi connectivity index (χ0n) is 10.0. The van der Waals surface area contributed by atoms with Gasteiger partial charge in [0.05, 0.1) is 6.54 Å². The average Bonchev–Trinajstić information content (AvgIpc) is 3.14. The molecule has 0 saturated heterocycles. The van der Waals surface area contributed by atoms with Gasteiger partial charge in [-0.2, -0.15) is 0 Å². The fourth-order valence-corrected chi connectivity index (χ4v) is 2.10. The number of nitrogens with one attached hydrogen (secondary N) is 1. The molecule has 1 heterocycles. The fraction of sp³-hybridized carbons (Fsp3) is 0.900. The summed E-state index contributed by atoms with van der Waals surface area (Å²) in [6.07, 6.45) is 5.62. The van der Waals surface area contributed by atoms with Gasteiger partial charge in [-0.25, -0.2) is 9.56 Å². The third kappa shape index (κ3) is 5.35. The zero-order valence-corrected chi connectivity index (χ0v) is 10.9. The number of rotatable bonds is 3. The van der Waals surface area contributed by atoms with E-state index in [1.165, 1.54) is 25.7 Å². The summed E-state index contributed by atoms with van der Waals surface area (Å²) in [5.41, 5.74) is 0. The Morgan fingerprint density at radius 2 is 1.72 bits per heavy atom. The monoisotopic (exact) mass is 278 g/mol. The van der Waals surface area contributed by atoms with Crippen molar-refractivity contribution in [1.82, 2.24) is 5.32 Å². The standard InChI is InChI=1S/C10H16N2O.H3O4P/c1-2-7(1)9(8-3-4-8)12-10-11-5-6-13-10;1-5(2,3)4/h7-9H,1-6H2,(H,11,12);(H3,1,2,3,4). The van der Waals surface area contributed by atoms with Gasteiger partial charge in [0.1, 0.15) is 6.61 Å². The van der Waals surface area contributed by atoms with Crippen molar-refractivity contribution in [3.05, 3.63) is 0 Å². The highest BCUT2D eigenvalue weighted by molar-refractivity contribution is 7.45. The van der Waals surface area contributed by atoms with E-state index in [0.717, 1.165) is 31.0 Å². The van der Waals surface area contributed by atoms with Crippen LogP contribution >= 0.6 is 7.82 Å². The average molecular weight is 278 g/mol. The molecule has 0 spiro atoms. The Kier molecular flexibility index (Phi) is 4.27. The fourth-order valence-electron chi connectivity index (χ4n) is 2.10. The third-order valence-electron chi connectivity index (χ3n) is 3.14. The SMILES string of the molecule is C1COC(NC(C2CC2)C2CC2)=N1.O=P(O)(O)O. The maximum Gasteiger partial charge on any atom is 0.466 e. The molecule has 8 heteroatoms. The Balaban J connectivity index is 0.000000209. The Bertz CT molecular complexity index is 341. The Morgan fingerprint density at radius 3 is 2.06 bits per heavy atom. The molecule has 0 aromatic heterocycles. The minimum atomic E-state index is -4.64. The Hall–Kier alpha value is -0.620. The molecule has 0 aromatic rings. The molecule has 3 aliphatic rings. The summed E-state index contributed by atoms with van der Waals surface area (Å²) in [5, 5.41) is 3.47. The van der Waals surface area contributed by atoms with Crippen molar-refractivity contribution in [2.45, 2.75) is 31.7 Å². The number of ether oxygens (including phenoxy) is 1. The maximum atomic E-state index is 8.88. The first-order valence-electron chi connectivity index (χ1n) is 6.15. The summed E-state index contributed by atoms with van der Waals surface area (Å²) in [5.74, 6) is 1.83. The summed E-state index contributed by atoms with van der Waals surface area (Å²) in [7, 11) is -4.64. The molecule has 0 atom stereocenters. The van der Waals surface area contributed by atoms with Crippen molar-refractivity contribution in [3.8, 4) is 0 Å². The highest BCUT2D eigenvalue weighted by Crippen LogP contribution is 2.44. The minimum absolute atomic E-state index is 0.678. The van der Waals surface area contributed by atoms with Crippen LogP contribution in [0.1, 0.15) is 25.7 Å². The van der Waals surface area contributed by atoms with Crippen LogP contribution < -0.4 is 5.32 Å². The van der Waals surface area contributed by atoms with E-state index in [0.29, 0.717) is 6.04 Å². The van der Waals surface area contributed by atoms with Gasteiger partial charge >= 0.3 is 7.82 Å². The molecule has 4 N–H and O–H groups in total. The molecule has 0 aromatic carbocycles. The quantitative estimate of drug-likeness (QED) is 0.550. The Morgan fingerprint density at radius 1 is 1.22 bits per heavy atom. The van der Waals surface area contributed by atoms with Gasteiger partial charge in [0.25, 0.3) is 6.02 Å². The van der Waals surface area contributed by atoms with Crippen LogP contribution in [0.15, 0.2) is 4.99 Å². The van der Waals surface area contributed by atoms with E-state index in [2.05, 4.69) is 10.3 Å². The van der Waals surface area contributed by atoms with Crippen LogP contribution in [0.25, 0.3) is 0 Å². The van der Waals surface area contributed by atoms with Gasteiger partial charge in [-0.3, -0.25) is 0 Å². The second-order valence-corrected chi connectivity index (χ2v) is 5.92. The van der Waals surface area contributed by atoms with Crippen LogP contribution in [0.5, 0.6) is 0 Å². The topological polar surface area (TPSA) is 111 Å². The zero-order chi connectivity index (χ0) is 13.2. The van der Waals surface area contributed by atoms with E-state index in [1.807, 2.05) is 0 Å². The van der Waals surface area contributed by atoms with E-state index >= 15 is 0 Å². The van der Waals surface area contributed by atoms with E-state index < -0.39 is 7.82 Å². The maximum absolute atomic E-state index is 8.88. The second-order valence-electron chi connectivity index (χ2n) is 4.89. The van der Waals surface area contributed by atoms with Crippen LogP contribution in [0.2, 0.25) is 0 Å². The van der Waals surface area contributed by atoms with Crippen molar-refractivity contribution >= 4 is 13.8 Å². The largest absolute Gasteiger partial charge is 0.466 e. The van der Waals surface area contributed by atoms with Crippen LogP contribution in [0.3, 0.4) is 0 Å². The van der Waals surface area contributed by atoms with Gasteiger partial charge in [-0.1, -0.05) is 0 Å². The number of aliphatic imine (C=N–C) groups is 1. The van der Waals surface area contributed by atoms with E-state index in [4.69, 9.17) is 24.0 Å². The molecule has 2 aliphatic carbocycles. The van der Waals surface area contributed by atoms with Crippen molar-refractivity contribution in [2.24, 2.45) is 16.8 Å². The third-order valence-corrected chi connectivity index (χ3v) is 3.14. The van der Waals surface area contributed by atoms with Gasteiger partial charge in [-0.05, 0) is 37.5 Å². The van der Waals surface area contributed by atoms with Gasteiger partial charge in [0.2, 0.25) is 0 Å². The number of amidine groups is 1. The minimum Gasteiger partial charge on any atom is -0.463 e. The highest BCUT2D eigenvalue weighted by Gasteiger charge is 2.42. The molecule has 1 aliphatic heterocycles. The summed E-state index contributed by atoms with van der Waals surface area (Å²) in [4.78, 5) is 25.8. The summed E-state index contributed by atoms with van der Waals surface area (Å²) in [6.45, 7) is 1.61. The number of hydrogen-bond donors (Lipinski definition) is 4. The molecule has 104 valence electrons. The van der Waals surface area contributed by atoms with Crippen molar-refractivity contribution in [3.63, 3.8) is 0 Å². The lowest BCUT2D eigenvalue weighted by Crippen LogP contribution is -2.38. The molecule has 2 fully saturated rings. The lowest BCUT2D eigenvalue weighted by Gasteiger charge is -2.17. The predicted molar refractivity (Wildman–Crippen MR) is 64.9 cm³/mol. The molecular formula is C10H19N2O5P. The molecule has 0 bridgehead atoms. The smallest absolute Gasteiger partial charge is 0.463 e. The number of nitrogens with zero attached hydrogens (tertiary/aromatic N) is 1. The summed E-state index contributed by atoms with van der Waals surface area (Å²) in [6, 6.07) is 1.49. The Labute approximate surface area is 106 Å².